The Bertz CT molecular complexity index is 398. The molecule has 1 saturated carbocycles. The molecule has 3 rings (SSSR count). The second-order valence-corrected chi connectivity index (χ2v) is 5.38. The number of aromatic nitrogens is 1. The molecule has 0 radical (unpaired) electrons. The van der Waals surface area contributed by atoms with Crippen molar-refractivity contribution in [2.24, 2.45) is 5.92 Å². The number of hydrogen-bond donors (Lipinski definition) is 1. The number of aliphatic hydroxyl groups is 1. The van der Waals surface area contributed by atoms with Crippen molar-refractivity contribution in [1.29, 1.82) is 0 Å². The summed E-state index contributed by atoms with van der Waals surface area (Å²) in [6.45, 7) is 5.69. The molecule has 0 spiro atoms. The van der Waals surface area contributed by atoms with E-state index < -0.39 is 0 Å². The predicted octanol–water partition coefficient (Wildman–Crippen LogP) is 1.11. The molecule has 0 unspecified atom stereocenters. The first-order valence-corrected chi connectivity index (χ1v) is 6.89. The van der Waals surface area contributed by atoms with E-state index in [2.05, 4.69) is 14.8 Å². The van der Waals surface area contributed by atoms with Gasteiger partial charge in [-0.25, -0.2) is 4.98 Å². The van der Waals surface area contributed by atoms with Crippen molar-refractivity contribution in [2.45, 2.75) is 19.4 Å². The molecule has 1 aromatic heterocycles. The minimum Gasteiger partial charge on any atom is -0.390 e. The Labute approximate surface area is 108 Å². The number of piperazine rings is 1. The fourth-order valence-electron chi connectivity index (χ4n) is 2.56. The quantitative estimate of drug-likeness (QED) is 0.865. The van der Waals surface area contributed by atoms with E-state index in [0.29, 0.717) is 0 Å². The van der Waals surface area contributed by atoms with Crippen molar-refractivity contribution in [3.8, 4) is 0 Å². The monoisotopic (exact) mass is 247 g/mol. The molecule has 0 bridgehead atoms. The molecule has 1 aromatic rings. The molecule has 98 valence electrons. The van der Waals surface area contributed by atoms with Gasteiger partial charge in [-0.15, -0.1) is 0 Å². The summed E-state index contributed by atoms with van der Waals surface area (Å²) in [4.78, 5) is 9.37. The Balaban J connectivity index is 1.57. The summed E-state index contributed by atoms with van der Waals surface area (Å²) in [5, 5.41) is 9.12. The lowest BCUT2D eigenvalue weighted by molar-refractivity contribution is 0.247. The number of pyridine rings is 1. The third-order valence-electron chi connectivity index (χ3n) is 3.86. The number of hydrogen-bond acceptors (Lipinski definition) is 4. The van der Waals surface area contributed by atoms with Crippen molar-refractivity contribution in [2.75, 3.05) is 37.6 Å². The second-order valence-electron chi connectivity index (χ2n) is 5.38. The summed E-state index contributed by atoms with van der Waals surface area (Å²) in [7, 11) is 0. The topological polar surface area (TPSA) is 39.6 Å². The predicted molar refractivity (Wildman–Crippen MR) is 71.5 cm³/mol. The van der Waals surface area contributed by atoms with Gasteiger partial charge in [-0.2, -0.15) is 0 Å². The van der Waals surface area contributed by atoms with Crippen molar-refractivity contribution in [3.63, 3.8) is 0 Å². The maximum absolute atomic E-state index is 9.12. The van der Waals surface area contributed by atoms with Crippen LogP contribution in [0.3, 0.4) is 0 Å². The van der Waals surface area contributed by atoms with Gasteiger partial charge in [0.05, 0.1) is 12.3 Å². The summed E-state index contributed by atoms with van der Waals surface area (Å²) in [5.74, 6) is 1.99. The average molecular weight is 247 g/mol. The van der Waals surface area contributed by atoms with E-state index in [-0.39, 0.29) is 6.61 Å². The van der Waals surface area contributed by atoms with Gasteiger partial charge in [0.15, 0.2) is 0 Å². The largest absolute Gasteiger partial charge is 0.390 e. The lowest BCUT2D eigenvalue weighted by atomic mass is 10.2. The normalized spacial score (nSPS) is 21.3. The van der Waals surface area contributed by atoms with Gasteiger partial charge in [0, 0.05) is 32.7 Å². The fraction of sp³-hybridized carbons (Fsp3) is 0.643. The molecule has 0 amide bonds. The van der Waals surface area contributed by atoms with Crippen LogP contribution in [0, 0.1) is 5.92 Å². The van der Waals surface area contributed by atoms with Gasteiger partial charge in [-0.05, 0) is 30.9 Å². The minimum absolute atomic E-state index is 0.0233. The van der Waals surface area contributed by atoms with Crippen molar-refractivity contribution < 1.29 is 5.11 Å². The first-order chi connectivity index (χ1) is 8.85. The molecule has 2 aliphatic rings. The van der Waals surface area contributed by atoms with Gasteiger partial charge >= 0.3 is 0 Å². The van der Waals surface area contributed by atoms with Crippen LogP contribution in [0.5, 0.6) is 0 Å². The SMILES string of the molecule is OCc1cccc(N2CCN(CC3CC3)CC2)n1. The smallest absolute Gasteiger partial charge is 0.128 e. The average Bonchev–Trinajstić information content (AvgIpc) is 3.24. The molecule has 1 aliphatic carbocycles. The van der Waals surface area contributed by atoms with Gasteiger partial charge < -0.3 is 10.0 Å². The highest BCUT2D eigenvalue weighted by molar-refractivity contribution is 5.39. The van der Waals surface area contributed by atoms with Crippen LogP contribution in [0.2, 0.25) is 0 Å². The van der Waals surface area contributed by atoms with E-state index in [1.807, 2.05) is 18.2 Å². The summed E-state index contributed by atoms with van der Waals surface area (Å²) in [5.41, 5.74) is 0.757. The van der Waals surface area contributed by atoms with Crippen LogP contribution in [-0.2, 0) is 6.61 Å². The van der Waals surface area contributed by atoms with Crippen LogP contribution in [0.25, 0.3) is 0 Å². The summed E-state index contributed by atoms with van der Waals surface area (Å²) < 4.78 is 0. The van der Waals surface area contributed by atoms with Crippen LogP contribution in [0.15, 0.2) is 18.2 Å². The van der Waals surface area contributed by atoms with Crippen LogP contribution in [0.1, 0.15) is 18.5 Å². The first kappa shape index (κ1) is 11.9. The summed E-state index contributed by atoms with van der Waals surface area (Å²) in [6, 6.07) is 5.88. The molecule has 4 heteroatoms. The lowest BCUT2D eigenvalue weighted by Gasteiger charge is -2.35. The van der Waals surface area contributed by atoms with Gasteiger partial charge in [-0.1, -0.05) is 6.07 Å². The van der Waals surface area contributed by atoms with E-state index in [4.69, 9.17) is 5.11 Å². The lowest BCUT2D eigenvalue weighted by Crippen LogP contribution is -2.47. The van der Waals surface area contributed by atoms with Gasteiger partial charge in [-0.3, -0.25) is 4.90 Å². The first-order valence-electron chi connectivity index (χ1n) is 6.89. The van der Waals surface area contributed by atoms with Crippen molar-refractivity contribution in [1.82, 2.24) is 9.88 Å². The Morgan fingerprint density at radius 1 is 1.17 bits per heavy atom. The minimum atomic E-state index is 0.0233. The van der Waals surface area contributed by atoms with Gasteiger partial charge in [0.1, 0.15) is 5.82 Å². The Morgan fingerprint density at radius 3 is 2.61 bits per heavy atom. The van der Waals surface area contributed by atoms with Crippen LogP contribution >= 0.6 is 0 Å². The number of anilines is 1. The Morgan fingerprint density at radius 2 is 1.94 bits per heavy atom. The highest BCUT2D eigenvalue weighted by atomic mass is 16.3. The molecule has 2 heterocycles. The van der Waals surface area contributed by atoms with E-state index in [0.717, 1.165) is 43.6 Å². The number of nitrogens with zero attached hydrogens (tertiary/aromatic N) is 3. The van der Waals surface area contributed by atoms with Gasteiger partial charge in [0.25, 0.3) is 0 Å². The molecule has 0 atom stereocenters. The molecule has 0 aromatic carbocycles. The maximum atomic E-state index is 9.12. The summed E-state index contributed by atoms with van der Waals surface area (Å²) in [6.07, 6.45) is 2.86. The second kappa shape index (κ2) is 5.24. The third-order valence-corrected chi connectivity index (χ3v) is 3.86. The standard InChI is InChI=1S/C14H21N3O/c18-11-13-2-1-3-14(15-13)17-8-6-16(7-9-17)10-12-4-5-12/h1-3,12,18H,4-11H2. The molecule has 4 nitrogen and oxygen atoms in total. The van der Waals surface area contributed by atoms with E-state index in [9.17, 15) is 0 Å². The zero-order chi connectivity index (χ0) is 12.4. The van der Waals surface area contributed by atoms with Crippen LogP contribution < -0.4 is 4.90 Å². The van der Waals surface area contributed by atoms with Gasteiger partial charge in [0.2, 0.25) is 0 Å². The molecular weight excluding hydrogens is 226 g/mol. The Hall–Kier alpha value is -1.13. The zero-order valence-corrected chi connectivity index (χ0v) is 10.8. The van der Waals surface area contributed by atoms with E-state index >= 15 is 0 Å². The van der Waals surface area contributed by atoms with Crippen molar-refractivity contribution in [3.05, 3.63) is 23.9 Å². The molecule has 1 saturated heterocycles. The molecule has 1 aliphatic heterocycles. The van der Waals surface area contributed by atoms with Crippen LogP contribution in [-0.4, -0.2) is 47.7 Å². The molecule has 1 N–H and O–H groups in total. The summed E-state index contributed by atoms with van der Waals surface area (Å²) >= 11 is 0. The zero-order valence-electron chi connectivity index (χ0n) is 10.8. The Kier molecular flexibility index (Phi) is 3.48. The van der Waals surface area contributed by atoms with Crippen molar-refractivity contribution >= 4 is 5.82 Å². The molecule has 2 fully saturated rings. The number of rotatable bonds is 4. The van der Waals surface area contributed by atoms with E-state index in [1.165, 1.54) is 19.4 Å². The fourth-order valence-corrected chi connectivity index (χ4v) is 2.56. The molecular formula is C14H21N3O. The van der Waals surface area contributed by atoms with Crippen LogP contribution in [0.4, 0.5) is 5.82 Å². The maximum Gasteiger partial charge on any atom is 0.128 e. The highest BCUT2D eigenvalue weighted by Gasteiger charge is 2.26. The number of aliphatic hydroxyl groups excluding tert-OH is 1. The third kappa shape index (κ3) is 2.82. The van der Waals surface area contributed by atoms with E-state index in [1.54, 1.807) is 0 Å². The molecule has 18 heavy (non-hydrogen) atoms. The highest BCUT2D eigenvalue weighted by Crippen LogP contribution is 2.30.